The van der Waals surface area contributed by atoms with E-state index in [1.165, 1.54) is 24.1 Å². The van der Waals surface area contributed by atoms with Crippen molar-refractivity contribution in [1.29, 1.82) is 0 Å². The van der Waals surface area contributed by atoms with Gasteiger partial charge in [-0.3, -0.25) is 19.3 Å². The van der Waals surface area contributed by atoms with Crippen LogP contribution in [0.5, 0.6) is 5.75 Å². The standard InChI is InChI=1S/C25H23NO6/c1-31-19-10-6-14(7-11-19)20(27)13-32-25(30)15-4-8-18(9-5-15)26-23(28)21-16-2-3-17(12-16)22(21)24(26)29/h4-11,16-17,21-22H,2-3,12-13H2,1H3/t16-,17-,21-,22+/m0/s1. The van der Waals surface area contributed by atoms with Gasteiger partial charge < -0.3 is 9.47 Å². The van der Waals surface area contributed by atoms with E-state index in [0.717, 1.165) is 19.3 Å². The molecule has 5 rings (SSSR count). The van der Waals surface area contributed by atoms with Gasteiger partial charge in [-0.25, -0.2) is 4.79 Å². The van der Waals surface area contributed by atoms with Crippen LogP contribution >= 0.6 is 0 Å². The predicted molar refractivity (Wildman–Crippen MR) is 114 cm³/mol. The summed E-state index contributed by atoms with van der Waals surface area (Å²) in [6.07, 6.45) is 3.04. The Morgan fingerprint density at radius 2 is 1.44 bits per heavy atom. The van der Waals surface area contributed by atoms with Crippen molar-refractivity contribution in [3.05, 3.63) is 59.7 Å². The Bertz CT molecular complexity index is 1060. The highest BCUT2D eigenvalue weighted by atomic mass is 16.5. The third kappa shape index (κ3) is 3.28. The fraction of sp³-hybridized carbons (Fsp3) is 0.360. The average molecular weight is 433 g/mol. The molecule has 0 N–H and O–H groups in total. The molecule has 2 amide bonds. The number of amides is 2. The highest BCUT2D eigenvalue weighted by Crippen LogP contribution is 2.56. The van der Waals surface area contributed by atoms with Gasteiger partial charge >= 0.3 is 5.97 Å². The Balaban J connectivity index is 1.23. The summed E-state index contributed by atoms with van der Waals surface area (Å²) in [5, 5.41) is 0. The summed E-state index contributed by atoms with van der Waals surface area (Å²) in [5.41, 5.74) is 1.13. The molecule has 7 nitrogen and oxygen atoms in total. The summed E-state index contributed by atoms with van der Waals surface area (Å²) in [6, 6.07) is 12.7. The largest absolute Gasteiger partial charge is 0.497 e. The van der Waals surface area contributed by atoms with Crippen LogP contribution in [0.4, 0.5) is 5.69 Å². The topological polar surface area (TPSA) is 90.0 Å². The molecule has 3 fully saturated rings. The second-order valence-electron chi connectivity index (χ2n) is 8.67. The first-order chi connectivity index (χ1) is 15.5. The van der Waals surface area contributed by atoms with Gasteiger partial charge in [0.15, 0.2) is 12.4 Å². The van der Waals surface area contributed by atoms with Gasteiger partial charge in [0, 0.05) is 5.56 Å². The van der Waals surface area contributed by atoms with Gasteiger partial charge in [0.2, 0.25) is 11.8 Å². The number of hydrogen-bond donors (Lipinski definition) is 0. The number of hydrogen-bond acceptors (Lipinski definition) is 6. The second-order valence-corrected chi connectivity index (χ2v) is 8.67. The number of rotatable bonds is 6. The van der Waals surface area contributed by atoms with Crippen LogP contribution in [0.2, 0.25) is 0 Å². The van der Waals surface area contributed by atoms with Crippen molar-refractivity contribution in [1.82, 2.24) is 0 Å². The number of carbonyl (C=O) groups is 4. The van der Waals surface area contributed by atoms with Crippen molar-refractivity contribution < 1.29 is 28.7 Å². The van der Waals surface area contributed by atoms with Gasteiger partial charge in [-0.15, -0.1) is 0 Å². The molecule has 1 aliphatic heterocycles. The maximum absolute atomic E-state index is 12.9. The van der Waals surface area contributed by atoms with Crippen LogP contribution in [0, 0.1) is 23.7 Å². The van der Waals surface area contributed by atoms with Crippen molar-refractivity contribution in [3.63, 3.8) is 0 Å². The Kier molecular flexibility index (Phi) is 5.04. The minimum absolute atomic E-state index is 0.118. The molecule has 2 aromatic rings. The first-order valence-corrected chi connectivity index (χ1v) is 10.8. The number of nitrogens with zero attached hydrogens (tertiary/aromatic N) is 1. The molecule has 0 spiro atoms. The maximum Gasteiger partial charge on any atom is 0.338 e. The molecule has 2 saturated carbocycles. The lowest BCUT2D eigenvalue weighted by Crippen LogP contribution is -2.32. The van der Waals surface area contributed by atoms with E-state index in [2.05, 4.69) is 0 Å². The quantitative estimate of drug-likeness (QED) is 0.395. The Morgan fingerprint density at radius 3 is 2.00 bits per heavy atom. The molecular weight excluding hydrogens is 410 g/mol. The van der Waals surface area contributed by atoms with E-state index in [-0.39, 0.29) is 41.6 Å². The van der Waals surface area contributed by atoms with Crippen LogP contribution in [-0.4, -0.2) is 37.3 Å². The molecule has 164 valence electrons. The lowest BCUT2D eigenvalue weighted by Gasteiger charge is -2.19. The van der Waals surface area contributed by atoms with Crippen LogP contribution < -0.4 is 9.64 Å². The molecular formula is C25H23NO6. The third-order valence-corrected chi connectivity index (χ3v) is 7.04. The summed E-state index contributed by atoms with van der Waals surface area (Å²) in [4.78, 5) is 51.7. The fourth-order valence-corrected chi connectivity index (χ4v) is 5.48. The lowest BCUT2D eigenvalue weighted by molar-refractivity contribution is -0.123. The van der Waals surface area contributed by atoms with E-state index >= 15 is 0 Å². The molecule has 4 atom stereocenters. The van der Waals surface area contributed by atoms with Crippen molar-refractivity contribution in [2.45, 2.75) is 19.3 Å². The van der Waals surface area contributed by atoms with Crippen molar-refractivity contribution in [2.75, 3.05) is 18.6 Å². The molecule has 2 aromatic carbocycles. The maximum atomic E-state index is 12.9. The minimum atomic E-state index is -0.646. The van der Waals surface area contributed by atoms with Crippen LogP contribution in [0.1, 0.15) is 40.0 Å². The Hall–Kier alpha value is -3.48. The number of benzene rings is 2. The second kappa shape index (κ2) is 7.89. The zero-order valence-corrected chi connectivity index (χ0v) is 17.7. The summed E-state index contributed by atoms with van der Waals surface area (Å²) in [6.45, 7) is -0.387. The normalized spacial score (nSPS) is 25.7. The Labute approximate surface area is 185 Å². The molecule has 1 saturated heterocycles. The molecule has 7 heteroatoms. The first-order valence-electron chi connectivity index (χ1n) is 10.8. The summed E-state index contributed by atoms with van der Waals surface area (Å²) in [7, 11) is 1.54. The lowest BCUT2D eigenvalue weighted by atomic mass is 9.81. The van der Waals surface area contributed by atoms with Crippen molar-refractivity contribution in [3.8, 4) is 5.75 Å². The fourth-order valence-electron chi connectivity index (χ4n) is 5.48. The molecule has 3 aliphatic rings. The molecule has 2 bridgehead atoms. The summed E-state index contributed by atoms with van der Waals surface area (Å²) >= 11 is 0. The highest BCUT2D eigenvalue weighted by Gasteiger charge is 2.61. The zero-order valence-electron chi connectivity index (χ0n) is 17.7. The number of imide groups is 1. The average Bonchev–Trinajstić information content (AvgIpc) is 3.51. The monoisotopic (exact) mass is 433 g/mol. The molecule has 0 unspecified atom stereocenters. The summed E-state index contributed by atoms with van der Waals surface area (Å²) < 4.78 is 10.2. The summed E-state index contributed by atoms with van der Waals surface area (Å²) in [5.74, 6) is -0.304. The molecule has 0 radical (unpaired) electrons. The number of esters is 1. The van der Waals surface area contributed by atoms with Gasteiger partial charge in [-0.1, -0.05) is 0 Å². The smallest absolute Gasteiger partial charge is 0.338 e. The molecule has 1 heterocycles. The number of fused-ring (bicyclic) bond motifs is 5. The molecule has 32 heavy (non-hydrogen) atoms. The third-order valence-electron chi connectivity index (χ3n) is 7.04. The highest BCUT2D eigenvalue weighted by molar-refractivity contribution is 6.22. The number of carbonyl (C=O) groups excluding carboxylic acids is 4. The zero-order chi connectivity index (χ0) is 22.4. The van der Waals surface area contributed by atoms with E-state index in [0.29, 0.717) is 28.8 Å². The van der Waals surface area contributed by atoms with Gasteiger partial charge in [0.25, 0.3) is 0 Å². The number of ether oxygens (including phenoxy) is 2. The van der Waals surface area contributed by atoms with Gasteiger partial charge in [-0.2, -0.15) is 0 Å². The number of Topliss-reactive ketones (excluding diaryl/α,β-unsaturated/α-hetero) is 1. The van der Waals surface area contributed by atoms with E-state index in [1.807, 2.05) is 0 Å². The number of anilines is 1. The van der Waals surface area contributed by atoms with Crippen molar-refractivity contribution in [2.24, 2.45) is 23.7 Å². The van der Waals surface area contributed by atoms with Crippen LogP contribution in [0.3, 0.4) is 0 Å². The predicted octanol–water partition coefficient (Wildman–Crippen LogP) is 3.27. The minimum Gasteiger partial charge on any atom is -0.497 e. The van der Waals surface area contributed by atoms with Gasteiger partial charge in [0.05, 0.1) is 30.2 Å². The van der Waals surface area contributed by atoms with E-state index in [4.69, 9.17) is 9.47 Å². The SMILES string of the molecule is COc1ccc(C(=O)COC(=O)c2ccc(N3C(=O)[C@@H]4[C@H]5CC[C@@H](C5)[C@@H]4C3=O)cc2)cc1. The van der Waals surface area contributed by atoms with Gasteiger partial charge in [0.1, 0.15) is 5.75 Å². The van der Waals surface area contributed by atoms with E-state index in [9.17, 15) is 19.2 Å². The molecule has 2 aliphatic carbocycles. The van der Waals surface area contributed by atoms with Crippen LogP contribution in [0.25, 0.3) is 0 Å². The van der Waals surface area contributed by atoms with Gasteiger partial charge in [-0.05, 0) is 79.6 Å². The molecule has 0 aromatic heterocycles. The number of ketones is 1. The van der Waals surface area contributed by atoms with E-state index in [1.54, 1.807) is 36.4 Å². The van der Waals surface area contributed by atoms with Crippen molar-refractivity contribution >= 4 is 29.3 Å². The van der Waals surface area contributed by atoms with Crippen LogP contribution in [0.15, 0.2) is 48.5 Å². The van der Waals surface area contributed by atoms with E-state index < -0.39 is 5.97 Å². The number of methoxy groups -OCH3 is 1. The van der Waals surface area contributed by atoms with Crippen LogP contribution in [-0.2, 0) is 14.3 Å². The first kappa shape index (κ1) is 20.4. The Morgan fingerprint density at radius 1 is 0.875 bits per heavy atom.